The number of nitrogens with one attached hydrogen (secondary N) is 1. The lowest BCUT2D eigenvalue weighted by Gasteiger charge is -2.29. The SMILES string of the molecule is COCCNC(=O)C1=C[C@H](c2coc3ccccc3c2=O)C[C@H](OCCOCCO)O1. The minimum Gasteiger partial charge on any atom is -0.464 e. The zero-order chi connectivity index (χ0) is 22.1. The van der Waals surface area contributed by atoms with Gasteiger partial charge in [-0.1, -0.05) is 12.1 Å². The van der Waals surface area contributed by atoms with Gasteiger partial charge in [-0.3, -0.25) is 9.59 Å². The zero-order valence-electron chi connectivity index (χ0n) is 17.4. The van der Waals surface area contributed by atoms with Gasteiger partial charge in [0.1, 0.15) is 5.58 Å². The number of benzene rings is 1. The molecule has 3 rings (SSSR count). The minimum absolute atomic E-state index is 0.0705. The molecule has 0 radical (unpaired) electrons. The number of carbonyl (C=O) groups excluding carboxylic acids is 1. The van der Waals surface area contributed by atoms with Crippen LogP contribution < -0.4 is 10.7 Å². The van der Waals surface area contributed by atoms with Crippen molar-refractivity contribution in [2.24, 2.45) is 0 Å². The first-order valence-corrected chi connectivity index (χ1v) is 10.1. The van der Waals surface area contributed by atoms with E-state index in [2.05, 4.69) is 5.32 Å². The molecule has 2 N–H and O–H groups in total. The molecule has 0 unspecified atom stereocenters. The normalized spacial score (nSPS) is 18.5. The number of amides is 1. The number of hydrogen-bond donors (Lipinski definition) is 2. The number of carbonyl (C=O) groups is 1. The molecule has 2 heterocycles. The number of rotatable bonds is 11. The third-order valence-electron chi connectivity index (χ3n) is 4.75. The van der Waals surface area contributed by atoms with Gasteiger partial charge in [-0.2, -0.15) is 0 Å². The molecule has 1 aromatic heterocycles. The quantitative estimate of drug-likeness (QED) is 0.510. The van der Waals surface area contributed by atoms with E-state index in [4.69, 9.17) is 28.5 Å². The van der Waals surface area contributed by atoms with E-state index in [9.17, 15) is 9.59 Å². The topological polar surface area (TPSA) is 116 Å². The highest BCUT2D eigenvalue weighted by Crippen LogP contribution is 2.31. The van der Waals surface area contributed by atoms with Gasteiger partial charge in [-0.15, -0.1) is 0 Å². The van der Waals surface area contributed by atoms with Crippen LogP contribution in [0.4, 0.5) is 0 Å². The maximum Gasteiger partial charge on any atom is 0.286 e. The molecule has 0 saturated carbocycles. The summed E-state index contributed by atoms with van der Waals surface area (Å²) in [4.78, 5) is 25.6. The number of fused-ring (bicyclic) bond motifs is 1. The molecule has 0 bridgehead atoms. The second kappa shape index (κ2) is 11.6. The molecule has 9 heteroatoms. The van der Waals surface area contributed by atoms with Crippen LogP contribution in [0.15, 0.2) is 51.6 Å². The molecule has 0 aliphatic carbocycles. The Hall–Kier alpha value is -2.72. The van der Waals surface area contributed by atoms with Crippen LogP contribution in [-0.2, 0) is 23.7 Å². The Morgan fingerprint density at radius 1 is 1.23 bits per heavy atom. The van der Waals surface area contributed by atoms with Gasteiger partial charge in [-0.05, 0) is 18.2 Å². The second-order valence-electron chi connectivity index (χ2n) is 6.89. The largest absolute Gasteiger partial charge is 0.464 e. The van der Waals surface area contributed by atoms with E-state index < -0.39 is 18.1 Å². The van der Waals surface area contributed by atoms with E-state index in [1.54, 1.807) is 37.5 Å². The number of allylic oxidation sites excluding steroid dienone is 1. The highest BCUT2D eigenvalue weighted by atomic mass is 16.7. The summed E-state index contributed by atoms with van der Waals surface area (Å²) in [5, 5.41) is 12.0. The van der Waals surface area contributed by atoms with Crippen molar-refractivity contribution in [3.63, 3.8) is 0 Å². The third-order valence-corrected chi connectivity index (χ3v) is 4.75. The van der Waals surface area contributed by atoms with E-state index in [0.29, 0.717) is 36.1 Å². The molecule has 9 nitrogen and oxygen atoms in total. The summed E-state index contributed by atoms with van der Waals surface area (Å²) in [5.41, 5.74) is 0.766. The summed E-state index contributed by atoms with van der Waals surface area (Å²) < 4.78 is 27.2. The van der Waals surface area contributed by atoms with Gasteiger partial charge in [0, 0.05) is 31.6 Å². The van der Waals surface area contributed by atoms with Crippen molar-refractivity contribution < 1.29 is 33.3 Å². The number of aliphatic hydroxyl groups is 1. The van der Waals surface area contributed by atoms with Crippen LogP contribution in [0.2, 0.25) is 0 Å². The van der Waals surface area contributed by atoms with Crippen molar-refractivity contribution in [3.05, 3.63) is 58.2 Å². The summed E-state index contributed by atoms with van der Waals surface area (Å²) in [6.07, 6.45) is 2.63. The highest BCUT2D eigenvalue weighted by molar-refractivity contribution is 5.91. The minimum atomic E-state index is -0.748. The standard InChI is InChI=1S/C22H27NO8/c1-27-8-6-23-22(26)19-12-15(13-20(31-19)29-11-10-28-9-7-24)17-14-30-18-5-3-2-4-16(18)21(17)25/h2-5,12,14-15,20,24H,6-11,13H2,1H3,(H,23,26)/t15-,20+/m0/s1. The van der Waals surface area contributed by atoms with Crippen LogP contribution in [0.25, 0.3) is 11.0 Å². The average molecular weight is 433 g/mol. The van der Waals surface area contributed by atoms with Gasteiger partial charge < -0.3 is 33.8 Å². The lowest BCUT2D eigenvalue weighted by Crippen LogP contribution is -2.35. The first kappa shape index (κ1) is 23.0. The van der Waals surface area contributed by atoms with Crippen molar-refractivity contribution in [2.75, 3.05) is 46.7 Å². The molecule has 2 aromatic rings. The summed E-state index contributed by atoms with van der Waals surface area (Å²) in [5.74, 6) is -0.778. The second-order valence-corrected chi connectivity index (χ2v) is 6.89. The van der Waals surface area contributed by atoms with Crippen molar-refractivity contribution in [1.29, 1.82) is 0 Å². The predicted octanol–water partition coefficient (Wildman–Crippen LogP) is 1.29. The van der Waals surface area contributed by atoms with Crippen molar-refractivity contribution >= 4 is 16.9 Å². The van der Waals surface area contributed by atoms with E-state index in [-0.39, 0.29) is 37.6 Å². The summed E-state index contributed by atoms with van der Waals surface area (Å²) in [7, 11) is 1.54. The van der Waals surface area contributed by atoms with Crippen molar-refractivity contribution in [1.82, 2.24) is 5.32 Å². The Kier molecular flexibility index (Phi) is 8.60. The van der Waals surface area contributed by atoms with Gasteiger partial charge in [0.2, 0.25) is 6.29 Å². The number of hydrogen-bond acceptors (Lipinski definition) is 8. The van der Waals surface area contributed by atoms with Crippen molar-refractivity contribution in [3.8, 4) is 0 Å². The molecule has 1 aromatic carbocycles. The zero-order valence-corrected chi connectivity index (χ0v) is 17.4. The Balaban J connectivity index is 1.80. The Morgan fingerprint density at radius 3 is 2.87 bits per heavy atom. The van der Waals surface area contributed by atoms with E-state index in [1.165, 1.54) is 6.26 Å². The number of ether oxygens (including phenoxy) is 4. The first-order chi connectivity index (χ1) is 15.1. The molecular formula is C22H27NO8. The molecular weight excluding hydrogens is 406 g/mol. The molecule has 1 amide bonds. The fraction of sp³-hybridized carbons (Fsp3) is 0.455. The Morgan fingerprint density at radius 2 is 2.06 bits per heavy atom. The Bertz CT molecular complexity index is 954. The van der Waals surface area contributed by atoms with Crippen LogP contribution in [0.5, 0.6) is 0 Å². The number of para-hydroxylation sites is 1. The lowest BCUT2D eigenvalue weighted by atomic mass is 9.93. The monoisotopic (exact) mass is 433 g/mol. The van der Waals surface area contributed by atoms with Crippen molar-refractivity contribution in [2.45, 2.75) is 18.6 Å². The highest BCUT2D eigenvalue weighted by Gasteiger charge is 2.30. The van der Waals surface area contributed by atoms with Crippen LogP contribution in [0, 0.1) is 0 Å². The lowest BCUT2D eigenvalue weighted by molar-refractivity contribution is -0.151. The summed E-state index contributed by atoms with van der Waals surface area (Å²) >= 11 is 0. The first-order valence-electron chi connectivity index (χ1n) is 10.1. The molecule has 0 saturated heterocycles. The molecule has 1 aliphatic rings. The molecule has 31 heavy (non-hydrogen) atoms. The van der Waals surface area contributed by atoms with Crippen LogP contribution >= 0.6 is 0 Å². The summed E-state index contributed by atoms with van der Waals surface area (Å²) in [6.45, 7) is 1.29. The van der Waals surface area contributed by atoms with Gasteiger partial charge in [-0.25, -0.2) is 0 Å². The Labute approximate surface area is 179 Å². The fourth-order valence-electron chi connectivity index (χ4n) is 3.24. The van der Waals surface area contributed by atoms with Crippen LogP contribution in [0.1, 0.15) is 17.9 Å². The van der Waals surface area contributed by atoms with Crippen LogP contribution in [0.3, 0.4) is 0 Å². The molecule has 1 aliphatic heterocycles. The predicted molar refractivity (Wildman–Crippen MR) is 112 cm³/mol. The van der Waals surface area contributed by atoms with Gasteiger partial charge in [0.15, 0.2) is 11.2 Å². The molecule has 0 spiro atoms. The maximum atomic E-state index is 13.0. The maximum absolute atomic E-state index is 13.0. The summed E-state index contributed by atoms with van der Waals surface area (Å²) in [6, 6.07) is 7.01. The van der Waals surface area contributed by atoms with E-state index in [1.807, 2.05) is 0 Å². The van der Waals surface area contributed by atoms with Crippen LogP contribution in [-0.4, -0.2) is 64.0 Å². The molecule has 168 valence electrons. The van der Waals surface area contributed by atoms with Gasteiger partial charge in [0.25, 0.3) is 5.91 Å². The number of methoxy groups -OCH3 is 1. The number of aliphatic hydroxyl groups excluding tert-OH is 1. The van der Waals surface area contributed by atoms with E-state index >= 15 is 0 Å². The van der Waals surface area contributed by atoms with Gasteiger partial charge >= 0.3 is 0 Å². The van der Waals surface area contributed by atoms with Gasteiger partial charge in [0.05, 0.1) is 44.7 Å². The smallest absolute Gasteiger partial charge is 0.286 e. The molecule has 2 atom stereocenters. The fourth-order valence-corrected chi connectivity index (χ4v) is 3.24. The molecule has 0 fully saturated rings. The van der Waals surface area contributed by atoms with E-state index in [0.717, 1.165) is 0 Å². The average Bonchev–Trinajstić information content (AvgIpc) is 2.79. The third kappa shape index (κ3) is 6.14.